The third kappa shape index (κ3) is 2.53. The summed E-state index contributed by atoms with van der Waals surface area (Å²) in [6.07, 6.45) is 2.73. The number of para-hydroxylation sites is 1. The highest BCUT2D eigenvalue weighted by Crippen LogP contribution is 2.22. The van der Waals surface area contributed by atoms with E-state index >= 15 is 0 Å². The van der Waals surface area contributed by atoms with Crippen LogP contribution in [-0.4, -0.2) is 20.2 Å². The summed E-state index contributed by atoms with van der Waals surface area (Å²) in [6.45, 7) is 2.10. The van der Waals surface area contributed by atoms with E-state index in [1.807, 2.05) is 35.8 Å². The number of fused-ring (bicyclic) bond motifs is 1. The molecule has 0 aliphatic carbocycles. The molecule has 6 heteroatoms. The van der Waals surface area contributed by atoms with Gasteiger partial charge in [-0.15, -0.1) is 21.5 Å². The van der Waals surface area contributed by atoms with Gasteiger partial charge in [-0.2, -0.15) is 0 Å². The summed E-state index contributed by atoms with van der Waals surface area (Å²) in [6, 6.07) is 7.83. The molecule has 1 aromatic carbocycles. The van der Waals surface area contributed by atoms with Gasteiger partial charge in [0.15, 0.2) is 0 Å². The van der Waals surface area contributed by atoms with Crippen molar-refractivity contribution < 1.29 is 0 Å². The lowest BCUT2D eigenvalue weighted by Crippen LogP contribution is -2.12. The predicted octanol–water partition coefficient (Wildman–Crippen LogP) is 3.04. The maximum atomic E-state index is 4.46. The standard InChI is InChI=1S/C13H13N5S/c1-2-9(12-14-7-8-19-12)15-13-16-10-5-3-4-6-11(10)17-18-13/h3-9H,2H2,1H3,(H,15,16,18). The lowest BCUT2D eigenvalue weighted by molar-refractivity contribution is 0.728. The Morgan fingerprint density at radius 1 is 1.21 bits per heavy atom. The largest absolute Gasteiger partial charge is 0.344 e. The normalized spacial score (nSPS) is 12.5. The second-order valence-corrected chi connectivity index (χ2v) is 5.03. The van der Waals surface area contributed by atoms with Crippen LogP contribution in [0.3, 0.4) is 0 Å². The van der Waals surface area contributed by atoms with Crippen LogP contribution in [0.25, 0.3) is 11.0 Å². The van der Waals surface area contributed by atoms with Crippen LogP contribution < -0.4 is 5.32 Å². The zero-order valence-electron chi connectivity index (χ0n) is 10.4. The first kappa shape index (κ1) is 12.0. The minimum Gasteiger partial charge on any atom is -0.344 e. The van der Waals surface area contributed by atoms with Crippen LogP contribution in [-0.2, 0) is 0 Å². The molecule has 1 unspecified atom stereocenters. The Kier molecular flexibility index (Phi) is 3.33. The second-order valence-electron chi connectivity index (χ2n) is 4.10. The molecule has 1 atom stereocenters. The monoisotopic (exact) mass is 271 g/mol. The molecule has 0 fully saturated rings. The summed E-state index contributed by atoms with van der Waals surface area (Å²) < 4.78 is 0. The summed E-state index contributed by atoms with van der Waals surface area (Å²) in [5.74, 6) is 0.542. The van der Waals surface area contributed by atoms with Crippen molar-refractivity contribution >= 4 is 28.3 Å². The summed E-state index contributed by atoms with van der Waals surface area (Å²) in [5.41, 5.74) is 1.64. The van der Waals surface area contributed by atoms with Crippen LogP contribution in [0.1, 0.15) is 24.4 Å². The van der Waals surface area contributed by atoms with Crippen molar-refractivity contribution in [2.24, 2.45) is 0 Å². The molecular formula is C13H13N5S. The van der Waals surface area contributed by atoms with Gasteiger partial charge in [-0.1, -0.05) is 19.1 Å². The van der Waals surface area contributed by atoms with Gasteiger partial charge in [0.25, 0.3) is 0 Å². The topological polar surface area (TPSA) is 63.6 Å². The van der Waals surface area contributed by atoms with Crippen molar-refractivity contribution in [3.8, 4) is 0 Å². The van der Waals surface area contributed by atoms with E-state index in [1.165, 1.54) is 0 Å². The molecule has 1 N–H and O–H groups in total. The van der Waals surface area contributed by atoms with Gasteiger partial charge >= 0.3 is 0 Å². The first-order valence-electron chi connectivity index (χ1n) is 6.12. The summed E-state index contributed by atoms with van der Waals surface area (Å²) in [5, 5.41) is 14.6. The van der Waals surface area contributed by atoms with Crippen LogP contribution in [0.2, 0.25) is 0 Å². The van der Waals surface area contributed by atoms with Crippen LogP contribution in [0.4, 0.5) is 5.95 Å². The molecule has 19 heavy (non-hydrogen) atoms. The van der Waals surface area contributed by atoms with Gasteiger partial charge in [-0.3, -0.25) is 0 Å². The molecule has 0 aliphatic rings. The van der Waals surface area contributed by atoms with Crippen molar-refractivity contribution in [2.45, 2.75) is 19.4 Å². The van der Waals surface area contributed by atoms with E-state index in [-0.39, 0.29) is 6.04 Å². The number of anilines is 1. The van der Waals surface area contributed by atoms with Crippen LogP contribution >= 0.6 is 11.3 Å². The SMILES string of the molecule is CCC(Nc1nnc2ccccc2n1)c1nccs1. The molecule has 2 aromatic heterocycles. The van der Waals surface area contributed by atoms with E-state index in [0.717, 1.165) is 22.5 Å². The third-order valence-electron chi connectivity index (χ3n) is 2.82. The molecule has 0 bridgehead atoms. The van der Waals surface area contributed by atoms with E-state index in [2.05, 4.69) is 32.4 Å². The zero-order valence-corrected chi connectivity index (χ0v) is 11.3. The highest BCUT2D eigenvalue weighted by Gasteiger charge is 2.13. The highest BCUT2D eigenvalue weighted by atomic mass is 32.1. The number of rotatable bonds is 4. The smallest absolute Gasteiger partial charge is 0.243 e. The first-order valence-corrected chi connectivity index (χ1v) is 7.00. The average Bonchev–Trinajstić information content (AvgIpc) is 2.98. The fourth-order valence-electron chi connectivity index (χ4n) is 1.84. The average molecular weight is 271 g/mol. The van der Waals surface area contributed by atoms with Crippen molar-refractivity contribution in [3.05, 3.63) is 40.8 Å². The molecule has 5 nitrogen and oxygen atoms in total. The van der Waals surface area contributed by atoms with Crippen molar-refractivity contribution in [3.63, 3.8) is 0 Å². The van der Waals surface area contributed by atoms with Crippen LogP contribution in [0, 0.1) is 0 Å². The summed E-state index contributed by atoms with van der Waals surface area (Å²) in [7, 11) is 0. The van der Waals surface area contributed by atoms with Crippen LogP contribution in [0.5, 0.6) is 0 Å². The number of hydrogen-bond donors (Lipinski definition) is 1. The molecule has 0 saturated carbocycles. The molecule has 96 valence electrons. The molecular weight excluding hydrogens is 258 g/mol. The number of aromatic nitrogens is 4. The highest BCUT2D eigenvalue weighted by molar-refractivity contribution is 7.09. The number of hydrogen-bond acceptors (Lipinski definition) is 6. The van der Waals surface area contributed by atoms with Crippen molar-refractivity contribution in [1.29, 1.82) is 0 Å². The van der Waals surface area contributed by atoms with Gasteiger partial charge in [0, 0.05) is 11.6 Å². The Bertz CT molecular complexity index is 668. The Morgan fingerprint density at radius 2 is 2.05 bits per heavy atom. The Balaban J connectivity index is 1.88. The molecule has 3 aromatic rings. The number of benzene rings is 1. The molecule has 0 radical (unpaired) electrons. The minimum absolute atomic E-state index is 0.128. The minimum atomic E-state index is 0.128. The Labute approximate surface area is 114 Å². The van der Waals surface area contributed by atoms with E-state index in [4.69, 9.17) is 0 Å². The fourth-order valence-corrected chi connectivity index (χ4v) is 2.62. The predicted molar refractivity (Wildman–Crippen MR) is 76.1 cm³/mol. The molecule has 0 spiro atoms. The third-order valence-corrected chi connectivity index (χ3v) is 3.71. The van der Waals surface area contributed by atoms with E-state index in [0.29, 0.717) is 5.95 Å². The van der Waals surface area contributed by atoms with E-state index < -0.39 is 0 Å². The van der Waals surface area contributed by atoms with E-state index in [9.17, 15) is 0 Å². The lowest BCUT2D eigenvalue weighted by atomic mass is 10.2. The Hall–Kier alpha value is -2.08. The molecule has 3 rings (SSSR count). The van der Waals surface area contributed by atoms with Gasteiger partial charge in [0.1, 0.15) is 10.5 Å². The maximum Gasteiger partial charge on any atom is 0.243 e. The van der Waals surface area contributed by atoms with Gasteiger partial charge in [0.05, 0.1) is 11.6 Å². The fraction of sp³-hybridized carbons (Fsp3) is 0.231. The number of thiazole rings is 1. The summed E-state index contributed by atoms with van der Waals surface area (Å²) in [4.78, 5) is 8.79. The molecule has 0 aliphatic heterocycles. The number of nitrogens with one attached hydrogen (secondary N) is 1. The quantitative estimate of drug-likeness (QED) is 0.790. The van der Waals surface area contributed by atoms with Crippen LogP contribution in [0.15, 0.2) is 35.8 Å². The second kappa shape index (κ2) is 5.27. The van der Waals surface area contributed by atoms with Gasteiger partial charge in [0.2, 0.25) is 5.95 Å². The first-order chi connectivity index (χ1) is 9.36. The van der Waals surface area contributed by atoms with Gasteiger partial charge in [-0.25, -0.2) is 9.97 Å². The zero-order chi connectivity index (χ0) is 13.1. The van der Waals surface area contributed by atoms with Gasteiger partial charge < -0.3 is 5.32 Å². The maximum absolute atomic E-state index is 4.46. The molecule has 2 heterocycles. The number of nitrogens with zero attached hydrogens (tertiary/aromatic N) is 4. The summed E-state index contributed by atoms with van der Waals surface area (Å²) >= 11 is 1.63. The molecule has 0 amide bonds. The van der Waals surface area contributed by atoms with Crippen molar-refractivity contribution in [1.82, 2.24) is 20.2 Å². The Morgan fingerprint density at radius 3 is 2.79 bits per heavy atom. The van der Waals surface area contributed by atoms with Gasteiger partial charge in [-0.05, 0) is 18.6 Å². The molecule has 0 saturated heterocycles. The lowest BCUT2D eigenvalue weighted by Gasteiger charge is -2.13. The van der Waals surface area contributed by atoms with E-state index in [1.54, 1.807) is 11.3 Å². The van der Waals surface area contributed by atoms with Crippen molar-refractivity contribution in [2.75, 3.05) is 5.32 Å².